The van der Waals surface area contributed by atoms with Gasteiger partial charge in [-0.15, -0.1) is 9.24 Å². The van der Waals surface area contributed by atoms with Crippen LogP contribution in [0, 0.1) is 0 Å². The molecule has 2 atom stereocenters. The average molecular weight is 107 g/mol. The minimum atomic E-state index is 0. The molecule has 0 saturated carbocycles. The van der Waals surface area contributed by atoms with Crippen LogP contribution in [0.4, 0.5) is 0 Å². The maximum absolute atomic E-state index is 2.73. The summed E-state index contributed by atoms with van der Waals surface area (Å²) in [5.74, 6) is 0. The molecule has 0 amide bonds. The molecular weight excluding hydrogens is 93.0 g/mol. The summed E-state index contributed by atoms with van der Waals surface area (Å²) in [6.07, 6.45) is 1.27. The fraction of sp³-hybridized carbons (Fsp3) is 1.00. The molecule has 0 aliphatic rings. The molecule has 0 saturated heterocycles. The van der Waals surface area contributed by atoms with E-state index >= 15 is 0 Å². The molecule has 0 aliphatic carbocycles. The van der Waals surface area contributed by atoms with Gasteiger partial charge < -0.3 is 6.15 Å². The summed E-state index contributed by atoms with van der Waals surface area (Å²) < 4.78 is 0. The van der Waals surface area contributed by atoms with Crippen LogP contribution in [0.5, 0.6) is 0 Å². The first-order valence-corrected chi connectivity index (χ1v) is 2.69. The average Bonchev–Trinajstić information content (AvgIpc) is 1.38. The van der Waals surface area contributed by atoms with E-state index in [9.17, 15) is 0 Å². The van der Waals surface area contributed by atoms with Crippen molar-refractivity contribution in [2.75, 3.05) is 0 Å². The molecule has 0 spiro atoms. The van der Waals surface area contributed by atoms with E-state index in [2.05, 4.69) is 23.1 Å². The predicted octanol–water partition coefficient (Wildman–Crippen LogP) is 1.82. The van der Waals surface area contributed by atoms with E-state index in [1.165, 1.54) is 6.42 Å². The lowest BCUT2D eigenvalue weighted by atomic mass is 10.4. The van der Waals surface area contributed by atoms with Crippen LogP contribution in [0.3, 0.4) is 0 Å². The maximum Gasteiger partial charge on any atom is -0.0295 e. The van der Waals surface area contributed by atoms with Crippen LogP contribution in [0.15, 0.2) is 0 Å². The zero-order valence-corrected chi connectivity index (χ0v) is 5.72. The van der Waals surface area contributed by atoms with Crippen molar-refractivity contribution in [3.63, 3.8) is 0 Å². The van der Waals surface area contributed by atoms with Gasteiger partial charge in [0.2, 0.25) is 0 Å². The maximum atomic E-state index is 2.73. The summed E-state index contributed by atoms with van der Waals surface area (Å²) in [6, 6.07) is 0. The number of hydrogen-bond donors (Lipinski definition) is 1. The van der Waals surface area contributed by atoms with Crippen LogP contribution in [0.1, 0.15) is 20.3 Å². The van der Waals surface area contributed by atoms with Crippen molar-refractivity contribution in [1.29, 1.82) is 0 Å². The highest BCUT2D eigenvalue weighted by molar-refractivity contribution is 7.17. The van der Waals surface area contributed by atoms with Crippen molar-refractivity contribution < 1.29 is 0 Å². The van der Waals surface area contributed by atoms with Gasteiger partial charge in [-0.3, -0.25) is 0 Å². The SMILES string of the molecule is CCC(C)P.N. The van der Waals surface area contributed by atoms with Crippen molar-refractivity contribution in [3.8, 4) is 0 Å². The second kappa shape index (κ2) is 5.39. The molecule has 1 nitrogen and oxygen atoms in total. The first kappa shape index (κ1) is 9.63. The van der Waals surface area contributed by atoms with Gasteiger partial charge in [0.1, 0.15) is 0 Å². The molecule has 2 heteroatoms. The number of hydrogen-bond acceptors (Lipinski definition) is 1. The van der Waals surface area contributed by atoms with E-state index in [1.807, 2.05) is 0 Å². The van der Waals surface area contributed by atoms with Crippen molar-refractivity contribution in [1.82, 2.24) is 6.15 Å². The predicted molar refractivity (Wildman–Crippen MR) is 34.5 cm³/mol. The summed E-state index contributed by atoms with van der Waals surface area (Å²) in [6.45, 7) is 4.36. The molecule has 0 bridgehead atoms. The van der Waals surface area contributed by atoms with Gasteiger partial charge in [0, 0.05) is 0 Å². The van der Waals surface area contributed by atoms with E-state index in [0.29, 0.717) is 0 Å². The minimum absolute atomic E-state index is 0. The Balaban J connectivity index is 0. The summed E-state index contributed by atoms with van der Waals surface area (Å²) >= 11 is 0. The third-order valence-electron chi connectivity index (χ3n) is 0.644. The highest BCUT2D eigenvalue weighted by atomic mass is 31.0. The van der Waals surface area contributed by atoms with Crippen LogP contribution < -0.4 is 6.15 Å². The van der Waals surface area contributed by atoms with Crippen molar-refractivity contribution in [2.45, 2.75) is 25.9 Å². The van der Waals surface area contributed by atoms with Gasteiger partial charge >= 0.3 is 0 Å². The first-order chi connectivity index (χ1) is 2.27. The van der Waals surface area contributed by atoms with Gasteiger partial charge in [0.15, 0.2) is 0 Å². The summed E-state index contributed by atoms with van der Waals surface area (Å²) in [7, 11) is 2.73. The smallest absolute Gasteiger partial charge is 0.0295 e. The van der Waals surface area contributed by atoms with Gasteiger partial charge in [0.05, 0.1) is 0 Å². The normalized spacial score (nSPS) is 12.5. The van der Waals surface area contributed by atoms with Crippen molar-refractivity contribution >= 4 is 9.24 Å². The van der Waals surface area contributed by atoms with E-state index < -0.39 is 0 Å². The van der Waals surface area contributed by atoms with Gasteiger partial charge in [-0.1, -0.05) is 20.3 Å². The van der Waals surface area contributed by atoms with Crippen molar-refractivity contribution in [3.05, 3.63) is 0 Å². The fourth-order valence-corrected chi connectivity index (χ4v) is 0. The lowest BCUT2D eigenvalue weighted by Crippen LogP contribution is -1.80. The Morgan fingerprint density at radius 3 is 1.83 bits per heavy atom. The van der Waals surface area contributed by atoms with Crippen LogP contribution in [-0.4, -0.2) is 5.66 Å². The van der Waals surface area contributed by atoms with E-state index in [1.54, 1.807) is 0 Å². The molecule has 0 rings (SSSR count). The molecule has 0 aliphatic heterocycles. The second-order valence-corrected chi connectivity index (χ2v) is 2.52. The molecule has 0 radical (unpaired) electrons. The largest absolute Gasteiger partial charge is 0.344 e. The van der Waals surface area contributed by atoms with Gasteiger partial charge in [-0.25, -0.2) is 0 Å². The Morgan fingerprint density at radius 1 is 1.67 bits per heavy atom. The van der Waals surface area contributed by atoms with Gasteiger partial charge in [-0.2, -0.15) is 0 Å². The first-order valence-electron chi connectivity index (χ1n) is 2.03. The second-order valence-electron chi connectivity index (χ2n) is 1.39. The minimum Gasteiger partial charge on any atom is -0.344 e. The lowest BCUT2D eigenvalue weighted by Gasteiger charge is -1.90. The molecule has 3 N–H and O–H groups in total. The molecule has 0 aromatic heterocycles. The third kappa shape index (κ3) is 8.83. The van der Waals surface area contributed by atoms with Gasteiger partial charge in [-0.05, 0) is 5.66 Å². The van der Waals surface area contributed by atoms with Crippen LogP contribution in [-0.2, 0) is 0 Å². The van der Waals surface area contributed by atoms with Crippen molar-refractivity contribution in [2.24, 2.45) is 0 Å². The fourth-order valence-electron chi connectivity index (χ4n) is 0. The zero-order valence-electron chi connectivity index (χ0n) is 4.57. The Hall–Kier alpha value is 0.390. The lowest BCUT2D eigenvalue weighted by molar-refractivity contribution is 0.908. The number of rotatable bonds is 1. The Bertz CT molecular complexity index is 21.5. The summed E-state index contributed by atoms with van der Waals surface area (Å²) in [5.41, 5.74) is 0.801. The highest BCUT2D eigenvalue weighted by Gasteiger charge is 1.80. The van der Waals surface area contributed by atoms with Crippen LogP contribution >= 0.6 is 9.24 Å². The molecule has 0 aromatic rings. The molecule has 2 unspecified atom stereocenters. The molecule has 6 heavy (non-hydrogen) atoms. The zero-order chi connectivity index (χ0) is 4.28. The Labute approximate surface area is 42.3 Å². The summed E-state index contributed by atoms with van der Waals surface area (Å²) in [4.78, 5) is 0. The molecule has 0 fully saturated rings. The highest BCUT2D eigenvalue weighted by Crippen LogP contribution is 1.99. The van der Waals surface area contributed by atoms with E-state index in [0.717, 1.165) is 5.66 Å². The molecule has 0 aromatic carbocycles. The topological polar surface area (TPSA) is 35.0 Å². The van der Waals surface area contributed by atoms with Crippen LogP contribution in [0.25, 0.3) is 0 Å². The van der Waals surface area contributed by atoms with E-state index in [4.69, 9.17) is 0 Å². The summed E-state index contributed by atoms with van der Waals surface area (Å²) in [5, 5.41) is 0. The quantitative estimate of drug-likeness (QED) is 0.509. The van der Waals surface area contributed by atoms with Crippen LogP contribution in [0.2, 0.25) is 0 Å². The Morgan fingerprint density at radius 2 is 1.83 bits per heavy atom. The van der Waals surface area contributed by atoms with E-state index in [-0.39, 0.29) is 6.15 Å². The standard InChI is InChI=1S/C4H11P.H3N/c1-3-4(2)5;/h4H,3,5H2,1-2H3;1H3. The molecular formula is C4H14NP. The Kier molecular flexibility index (Phi) is 8.65. The molecule has 40 valence electrons. The third-order valence-corrected chi connectivity index (χ3v) is 1.12. The van der Waals surface area contributed by atoms with Gasteiger partial charge in [0.25, 0.3) is 0 Å². The monoisotopic (exact) mass is 107 g/mol. The molecule has 0 heterocycles.